The van der Waals surface area contributed by atoms with E-state index in [2.05, 4.69) is 49.4 Å². The van der Waals surface area contributed by atoms with Gasteiger partial charge in [0.15, 0.2) is 5.43 Å². The van der Waals surface area contributed by atoms with Crippen LogP contribution in [-0.4, -0.2) is 32.6 Å². The van der Waals surface area contributed by atoms with E-state index in [0.717, 1.165) is 24.2 Å². The third kappa shape index (κ3) is 4.73. The SMILES string of the molecule is C[C@H](Nc1ncnc2[nH]ccc(=O)c12)c1c(Cl)c2cccc(-c3ccc(N4CCCC4)cc3)c2c(=O)n1-c1ccccc1. The lowest BCUT2D eigenvalue weighted by Crippen LogP contribution is -2.27. The average Bonchev–Trinajstić information content (AvgIpc) is 3.58. The Balaban J connectivity index is 1.41. The van der Waals surface area contributed by atoms with E-state index < -0.39 is 6.04 Å². The van der Waals surface area contributed by atoms with Gasteiger partial charge in [-0.25, -0.2) is 9.97 Å². The van der Waals surface area contributed by atoms with Gasteiger partial charge < -0.3 is 15.2 Å². The zero-order valence-electron chi connectivity index (χ0n) is 23.5. The number of benzene rings is 3. The maximum Gasteiger partial charge on any atom is 0.263 e. The van der Waals surface area contributed by atoms with Gasteiger partial charge in [0.25, 0.3) is 5.56 Å². The molecule has 0 spiro atoms. The molecule has 8 nitrogen and oxygen atoms in total. The smallest absolute Gasteiger partial charge is 0.263 e. The first kappa shape index (κ1) is 26.9. The number of aromatic nitrogens is 4. The summed E-state index contributed by atoms with van der Waals surface area (Å²) >= 11 is 7.24. The molecular formula is C34H29ClN6O2. The first-order chi connectivity index (χ1) is 21.0. The molecule has 9 heteroatoms. The van der Waals surface area contributed by atoms with Crippen molar-refractivity contribution in [3.8, 4) is 16.8 Å². The molecule has 2 N–H and O–H groups in total. The first-order valence-electron chi connectivity index (χ1n) is 14.4. The summed E-state index contributed by atoms with van der Waals surface area (Å²) in [6.45, 7) is 4.04. The van der Waals surface area contributed by atoms with Gasteiger partial charge in [0, 0.05) is 42.1 Å². The summed E-state index contributed by atoms with van der Waals surface area (Å²) in [5.41, 5.74) is 4.24. The van der Waals surface area contributed by atoms with E-state index in [0.29, 0.717) is 44.0 Å². The van der Waals surface area contributed by atoms with Crippen LogP contribution in [0.3, 0.4) is 0 Å². The van der Waals surface area contributed by atoms with E-state index >= 15 is 0 Å². The quantitative estimate of drug-likeness (QED) is 0.224. The van der Waals surface area contributed by atoms with Crippen molar-refractivity contribution in [2.45, 2.75) is 25.8 Å². The molecule has 1 aliphatic heterocycles. The van der Waals surface area contributed by atoms with E-state index in [1.807, 2.05) is 55.5 Å². The van der Waals surface area contributed by atoms with Gasteiger partial charge in [-0.2, -0.15) is 0 Å². The highest BCUT2D eigenvalue weighted by Gasteiger charge is 2.24. The Labute approximate surface area is 252 Å². The van der Waals surface area contributed by atoms with Crippen molar-refractivity contribution in [3.05, 3.63) is 123 Å². The summed E-state index contributed by atoms with van der Waals surface area (Å²) in [4.78, 5) is 41.3. The van der Waals surface area contributed by atoms with Gasteiger partial charge in [-0.15, -0.1) is 0 Å². The summed E-state index contributed by atoms with van der Waals surface area (Å²) in [5, 5.41) is 5.33. The monoisotopic (exact) mass is 588 g/mol. The van der Waals surface area contributed by atoms with E-state index in [9.17, 15) is 9.59 Å². The van der Waals surface area contributed by atoms with Crippen LogP contribution in [0.2, 0.25) is 5.02 Å². The standard InChI is InChI=1S/C34H29ClN6O2/c1-21(39-33-29-27(42)16-17-36-32(29)37-20-38-33)31-30(35)26-11-7-10-25(22-12-14-23(15-13-22)40-18-5-6-19-40)28(26)34(43)41(31)24-8-3-2-4-9-24/h2-4,7-17,20-21H,5-6,18-19H2,1H3,(H2,36,37,38,39,42)/t21-/m0/s1. The van der Waals surface area contributed by atoms with Crippen molar-refractivity contribution < 1.29 is 0 Å². The van der Waals surface area contributed by atoms with Crippen LogP contribution in [0.25, 0.3) is 38.6 Å². The van der Waals surface area contributed by atoms with Crippen molar-refractivity contribution in [2.75, 3.05) is 23.3 Å². The molecule has 1 fully saturated rings. The summed E-state index contributed by atoms with van der Waals surface area (Å²) in [6.07, 6.45) is 5.36. The molecule has 0 radical (unpaired) electrons. The molecule has 214 valence electrons. The van der Waals surface area contributed by atoms with Crippen LogP contribution in [0.15, 0.2) is 101 Å². The molecule has 7 rings (SSSR count). The largest absolute Gasteiger partial charge is 0.372 e. The maximum atomic E-state index is 14.6. The van der Waals surface area contributed by atoms with Crippen LogP contribution in [0.4, 0.5) is 11.5 Å². The topological polar surface area (TPSA) is 95.9 Å². The maximum absolute atomic E-state index is 14.6. The zero-order chi connectivity index (χ0) is 29.5. The molecule has 3 aromatic heterocycles. The lowest BCUT2D eigenvalue weighted by Gasteiger charge is -2.24. The molecule has 1 saturated heterocycles. The number of fused-ring (bicyclic) bond motifs is 2. The highest BCUT2D eigenvalue weighted by Crippen LogP contribution is 2.37. The number of hydrogen-bond acceptors (Lipinski definition) is 6. The van der Waals surface area contributed by atoms with E-state index in [-0.39, 0.29) is 11.0 Å². The molecule has 1 aliphatic rings. The third-order valence-corrected chi connectivity index (χ3v) is 8.56. The molecule has 0 unspecified atom stereocenters. The van der Waals surface area contributed by atoms with Gasteiger partial charge in [0.05, 0.1) is 22.1 Å². The van der Waals surface area contributed by atoms with Gasteiger partial charge in [0.2, 0.25) is 0 Å². The van der Waals surface area contributed by atoms with E-state index in [1.54, 1.807) is 10.8 Å². The number of nitrogens with zero attached hydrogens (tertiary/aromatic N) is 4. The Morgan fingerprint density at radius 2 is 1.63 bits per heavy atom. The Morgan fingerprint density at radius 3 is 2.40 bits per heavy atom. The van der Waals surface area contributed by atoms with Crippen LogP contribution in [-0.2, 0) is 0 Å². The van der Waals surface area contributed by atoms with E-state index in [4.69, 9.17) is 11.6 Å². The van der Waals surface area contributed by atoms with Crippen molar-refractivity contribution in [1.82, 2.24) is 19.5 Å². The van der Waals surface area contributed by atoms with E-state index in [1.165, 1.54) is 30.9 Å². The molecule has 6 aromatic rings. The van der Waals surface area contributed by atoms with Crippen molar-refractivity contribution in [1.29, 1.82) is 0 Å². The summed E-state index contributed by atoms with van der Waals surface area (Å²) in [5.74, 6) is 0.356. The predicted octanol–water partition coefficient (Wildman–Crippen LogP) is 6.72. The summed E-state index contributed by atoms with van der Waals surface area (Å²) < 4.78 is 1.66. The van der Waals surface area contributed by atoms with Crippen molar-refractivity contribution in [3.63, 3.8) is 0 Å². The average molecular weight is 589 g/mol. The predicted molar refractivity (Wildman–Crippen MR) is 174 cm³/mol. The summed E-state index contributed by atoms with van der Waals surface area (Å²) in [6, 6.07) is 24.6. The highest BCUT2D eigenvalue weighted by atomic mass is 35.5. The lowest BCUT2D eigenvalue weighted by atomic mass is 9.97. The fourth-order valence-corrected chi connectivity index (χ4v) is 6.50. The summed E-state index contributed by atoms with van der Waals surface area (Å²) in [7, 11) is 0. The van der Waals surface area contributed by atoms with Gasteiger partial charge >= 0.3 is 0 Å². The molecular weight excluding hydrogens is 560 g/mol. The first-order valence-corrected chi connectivity index (χ1v) is 14.8. The Bertz CT molecular complexity index is 2080. The zero-order valence-corrected chi connectivity index (χ0v) is 24.3. The van der Waals surface area contributed by atoms with Crippen molar-refractivity contribution in [2.24, 2.45) is 0 Å². The molecule has 0 saturated carbocycles. The number of aromatic amines is 1. The van der Waals surface area contributed by atoms with Crippen LogP contribution in [0.1, 0.15) is 31.5 Å². The number of anilines is 2. The number of H-pyrrole nitrogens is 1. The minimum atomic E-state index is -0.508. The number of pyridine rings is 2. The molecule has 0 bridgehead atoms. The Hall–Kier alpha value is -4.95. The lowest BCUT2D eigenvalue weighted by molar-refractivity contribution is 0.774. The van der Waals surface area contributed by atoms with Gasteiger partial charge in [-0.1, -0.05) is 60.1 Å². The minimum absolute atomic E-state index is 0.182. The van der Waals surface area contributed by atoms with Crippen LogP contribution >= 0.6 is 11.6 Å². The number of hydrogen-bond donors (Lipinski definition) is 2. The van der Waals surface area contributed by atoms with Gasteiger partial charge in [-0.05, 0) is 55.2 Å². The minimum Gasteiger partial charge on any atom is -0.372 e. The van der Waals surface area contributed by atoms with Gasteiger partial charge in [0.1, 0.15) is 23.2 Å². The van der Waals surface area contributed by atoms with Crippen LogP contribution in [0.5, 0.6) is 0 Å². The second-order valence-electron chi connectivity index (χ2n) is 10.8. The Morgan fingerprint density at radius 1 is 0.860 bits per heavy atom. The molecule has 43 heavy (non-hydrogen) atoms. The van der Waals surface area contributed by atoms with Gasteiger partial charge in [-0.3, -0.25) is 14.2 Å². The highest BCUT2D eigenvalue weighted by molar-refractivity contribution is 6.36. The molecule has 3 aromatic carbocycles. The number of halogens is 1. The number of rotatable bonds is 6. The second-order valence-corrected chi connectivity index (χ2v) is 11.2. The third-order valence-electron chi connectivity index (χ3n) is 8.16. The molecule has 0 amide bonds. The fraction of sp³-hybridized carbons (Fsp3) is 0.176. The second kappa shape index (κ2) is 11.0. The van der Waals surface area contributed by atoms with Crippen molar-refractivity contribution >= 4 is 44.9 Å². The van der Waals surface area contributed by atoms with Crippen LogP contribution < -0.4 is 21.2 Å². The Kier molecular flexibility index (Phi) is 6.91. The molecule has 0 aliphatic carbocycles. The molecule has 1 atom stereocenters. The fourth-order valence-electron chi connectivity index (χ4n) is 6.10. The number of para-hydroxylation sites is 1. The number of nitrogens with one attached hydrogen (secondary N) is 2. The van der Waals surface area contributed by atoms with Crippen LogP contribution in [0, 0.1) is 0 Å². The normalized spacial score (nSPS) is 14.0. The molecule has 4 heterocycles.